The Morgan fingerprint density at radius 1 is 1.24 bits per heavy atom. The van der Waals surface area contributed by atoms with Crippen LogP contribution in [0.3, 0.4) is 0 Å². The zero-order chi connectivity index (χ0) is 21.1. The predicted octanol–water partition coefficient (Wildman–Crippen LogP) is 1.92. The van der Waals surface area contributed by atoms with Gasteiger partial charge in [-0.2, -0.15) is 0 Å². The molecule has 7 nitrogen and oxygen atoms in total. The van der Waals surface area contributed by atoms with Crippen LogP contribution in [0.15, 0.2) is 29.3 Å². The van der Waals surface area contributed by atoms with Gasteiger partial charge in [-0.1, -0.05) is 18.2 Å². The Bertz CT molecular complexity index is 832. The van der Waals surface area contributed by atoms with Gasteiger partial charge in [0.1, 0.15) is 5.75 Å². The highest BCUT2D eigenvalue weighted by Crippen LogP contribution is 2.31. The van der Waals surface area contributed by atoms with Crippen LogP contribution in [-0.4, -0.2) is 81.6 Å². The highest BCUT2D eigenvalue weighted by atomic mass is 32.2. The Kier molecular flexibility index (Phi) is 6.73. The number of hydrogen-bond acceptors (Lipinski definition) is 5. The summed E-state index contributed by atoms with van der Waals surface area (Å²) in [5, 5.41) is 3.51. The molecule has 2 aliphatic heterocycles. The van der Waals surface area contributed by atoms with E-state index in [9.17, 15) is 8.42 Å². The van der Waals surface area contributed by atoms with E-state index in [1.165, 1.54) is 18.4 Å². The first-order valence-corrected chi connectivity index (χ1v) is 12.0. The highest BCUT2D eigenvalue weighted by Gasteiger charge is 2.41. The van der Waals surface area contributed by atoms with Gasteiger partial charge in [-0.15, -0.1) is 0 Å². The van der Waals surface area contributed by atoms with Crippen molar-refractivity contribution in [1.82, 2.24) is 15.1 Å². The first-order valence-electron chi connectivity index (χ1n) is 10.3. The lowest BCUT2D eigenvalue weighted by atomic mass is 10.0. The summed E-state index contributed by atoms with van der Waals surface area (Å²) < 4.78 is 29.5. The molecule has 1 atom stereocenters. The second-order valence-corrected chi connectivity index (χ2v) is 11.2. The number of aliphatic imine (C=N–C) groups is 1. The Morgan fingerprint density at radius 3 is 2.55 bits per heavy atom. The van der Waals surface area contributed by atoms with Crippen LogP contribution >= 0.6 is 0 Å². The molecule has 0 aliphatic carbocycles. The van der Waals surface area contributed by atoms with Crippen LogP contribution in [0.5, 0.6) is 5.75 Å². The van der Waals surface area contributed by atoms with Gasteiger partial charge in [-0.25, -0.2) is 8.42 Å². The van der Waals surface area contributed by atoms with Crippen molar-refractivity contribution in [3.8, 4) is 5.75 Å². The summed E-state index contributed by atoms with van der Waals surface area (Å²) >= 11 is 0. The monoisotopic (exact) mass is 422 g/mol. The summed E-state index contributed by atoms with van der Waals surface area (Å²) in [7, 11) is 0.386. The minimum atomic E-state index is -3.08. The minimum absolute atomic E-state index is 0.156. The number of hydrogen-bond donors (Lipinski definition) is 1. The molecular formula is C21H34N4O3S. The summed E-state index contributed by atoms with van der Waals surface area (Å²) in [6, 6.07) is 8.35. The standard InChI is InChI=1S/C21H34N4O3S/c1-21(2)16-25(13-14-29(21,26)27)20(22-3)23-15-18(24-11-7-8-12-24)17-9-5-6-10-19(17)28-4/h5-6,9-10,18H,7-8,11-16H2,1-4H3,(H,22,23). The highest BCUT2D eigenvalue weighted by molar-refractivity contribution is 7.92. The first-order chi connectivity index (χ1) is 13.8. The van der Waals surface area contributed by atoms with E-state index in [0.717, 1.165) is 24.8 Å². The molecule has 162 valence electrons. The van der Waals surface area contributed by atoms with Crippen LogP contribution < -0.4 is 10.1 Å². The van der Waals surface area contributed by atoms with Crippen molar-refractivity contribution in [2.75, 3.05) is 52.6 Å². The van der Waals surface area contributed by atoms with E-state index in [1.807, 2.05) is 18.2 Å². The van der Waals surface area contributed by atoms with E-state index in [-0.39, 0.29) is 11.8 Å². The molecule has 0 amide bonds. The average molecular weight is 423 g/mol. The Balaban J connectivity index is 1.76. The van der Waals surface area contributed by atoms with Gasteiger partial charge in [0.15, 0.2) is 15.8 Å². The molecule has 2 aliphatic rings. The van der Waals surface area contributed by atoms with Gasteiger partial charge < -0.3 is 15.0 Å². The maximum absolute atomic E-state index is 12.3. The molecule has 0 spiro atoms. The number of likely N-dealkylation sites (tertiary alicyclic amines) is 1. The normalized spacial score (nSPS) is 23.0. The van der Waals surface area contributed by atoms with Gasteiger partial charge in [0, 0.05) is 32.2 Å². The third kappa shape index (κ3) is 4.69. The van der Waals surface area contributed by atoms with E-state index in [1.54, 1.807) is 28.0 Å². The number of para-hydroxylation sites is 1. The zero-order valence-electron chi connectivity index (χ0n) is 18.0. The molecule has 1 aromatic rings. The molecule has 8 heteroatoms. The van der Waals surface area contributed by atoms with E-state index in [0.29, 0.717) is 19.6 Å². The minimum Gasteiger partial charge on any atom is -0.496 e. The number of nitrogens with zero attached hydrogens (tertiary/aromatic N) is 3. The van der Waals surface area contributed by atoms with E-state index < -0.39 is 14.6 Å². The molecule has 29 heavy (non-hydrogen) atoms. The van der Waals surface area contributed by atoms with E-state index in [4.69, 9.17) is 4.74 Å². The molecule has 2 fully saturated rings. The van der Waals surface area contributed by atoms with Crippen LogP contribution in [0.2, 0.25) is 0 Å². The molecule has 0 radical (unpaired) electrons. The van der Waals surface area contributed by atoms with Crippen LogP contribution in [-0.2, 0) is 9.84 Å². The van der Waals surface area contributed by atoms with Crippen molar-refractivity contribution in [2.24, 2.45) is 4.99 Å². The molecular weight excluding hydrogens is 388 g/mol. The van der Waals surface area contributed by atoms with Crippen molar-refractivity contribution >= 4 is 15.8 Å². The Hall–Kier alpha value is -1.80. The quantitative estimate of drug-likeness (QED) is 0.577. The molecule has 1 unspecified atom stereocenters. The maximum atomic E-state index is 12.3. The number of benzene rings is 1. The molecule has 3 rings (SSSR count). The van der Waals surface area contributed by atoms with E-state index in [2.05, 4.69) is 26.2 Å². The summed E-state index contributed by atoms with van der Waals surface area (Å²) in [5.41, 5.74) is 1.17. The van der Waals surface area contributed by atoms with Gasteiger partial charge in [-0.05, 0) is 45.8 Å². The van der Waals surface area contributed by atoms with Crippen LogP contribution in [0.4, 0.5) is 0 Å². The topological polar surface area (TPSA) is 74.2 Å². The van der Waals surface area contributed by atoms with Crippen molar-refractivity contribution < 1.29 is 13.2 Å². The van der Waals surface area contributed by atoms with Crippen LogP contribution in [0.1, 0.15) is 38.3 Å². The third-order valence-electron chi connectivity index (χ3n) is 6.09. The molecule has 1 N–H and O–H groups in total. The maximum Gasteiger partial charge on any atom is 0.193 e. The zero-order valence-corrected chi connectivity index (χ0v) is 18.8. The molecule has 0 saturated carbocycles. The Morgan fingerprint density at radius 2 is 1.93 bits per heavy atom. The van der Waals surface area contributed by atoms with Gasteiger partial charge in [-0.3, -0.25) is 9.89 Å². The molecule has 2 saturated heterocycles. The molecule has 0 bridgehead atoms. The fourth-order valence-electron chi connectivity index (χ4n) is 4.28. The van der Waals surface area contributed by atoms with Crippen molar-refractivity contribution in [3.05, 3.63) is 29.8 Å². The third-order valence-corrected chi connectivity index (χ3v) is 8.62. The average Bonchev–Trinajstić information content (AvgIpc) is 3.22. The van der Waals surface area contributed by atoms with Gasteiger partial charge >= 0.3 is 0 Å². The van der Waals surface area contributed by atoms with Gasteiger partial charge in [0.2, 0.25) is 0 Å². The fourth-order valence-corrected chi connectivity index (χ4v) is 5.64. The predicted molar refractivity (Wildman–Crippen MR) is 117 cm³/mol. The molecule has 1 aromatic carbocycles. The number of rotatable bonds is 5. The van der Waals surface area contributed by atoms with Gasteiger partial charge in [0.05, 0.1) is 23.7 Å². The molecule has 2 heterocycles. The summed E-state index contributed by atoms with van der Waals surface area (Å²) in [6.45, 7) is 7.33. The Labute approximate surface area is 175 Å². The van der Waals surface area contributed by atoms with Crippen molar-refractivity contribution in [3.63, 3.8) is 0 Å². The largest absolute Gasteiger partial charge is 0.496 e. The molecule has 0 aromatic heterocycles. The van der Waals surface area contributed by atoms with Crippen LogP contribution in [0, 0.1) is 0 Å². The van der Waals surface area contributed by atoms with Gasteiger partial charge in [0.25, 0.3) is 0 Å². The van der Waals surface area contributed by atoms with E-state index >= 15 is 0 Å². The number of ether oxygens (including phenoxy) is 1. The lowest BCUT2D eigenvalue weighted by Gasteiger charge is -2.39. The summed E-state index contributed by atoms with van der Waals surface area (Å²) in [5.74, 6) is 1.81. The smallest absolute Gasteiger partial charge is 0.193 e. The number of methoxy groups -OCH3 is 1. The lowest BCUT2D eigenvalue weighted by molar-refractivity contribution is 0.237. The number of sulfone groups is 1. The van der Waals surface area contributed by atoms with Crippen molar-refractivity contribution in [2.45, 2.75) is 37.5 Å². The lowest BCUT2D eigenvalue weighted by Crippen LogP contribution is -2.57. The van der Waals surface area contributed by atoms with Crippen LogP contribution in [0.25, 0.3) is 0 Å². The second kappa shape index (κ2) is 8.92. The first kappa shape index (κ1) is 21.9. The number of guanidine groups is 1. The van der Waals surface area contributed by atoms with Crippen molar-refractivity contribution in [1.29, 1.82) is 0 Å². The second-order valence-electron chi connectivity index (χ2n) is 8.43. The summed E-state index contributed by atoms with van der Waals surface area (Å²) in [4.78, 5) is 9.00. The number of nitrogens with one attached hydrogen (secondary N) is 1. The SMILES string of the molecule is CN=C(NCC(c1ccccc1OC)N1CCCC1)N1CCS(=O)(=O)C(C)(C)C1. The fraction of sp³-hybridized carbons (Fsp3) is 0.667. The summed E-state index contributed by atoms with van der Waals surface area (Å²) in [6.07, 6.45) is 2.41.